The lowest BCUT2D eigenvalue weighted by molar-refractivity contribution is -0.122. The molecule has 1 aliphatic rings. The number of carbonyl (C=O) groups is 1. The van der Waals surface area contributed by atoms with E-state index in [2.05, 4.69) is 24.3 Å². The van der Waals surface area contributed by atoms with Gasteiger partial charge in [0.25, 0.3) is 0 Å². The molecule has 1 aliphatic heterocycles. The van der Waals surface area contributed by atoms with Crippen LogP contribution in [0.25, 0.3) is 0 Å². The van der Waals surface area contributed by atoms with E-state index in [4.69, 9.17) is 0 Å². The highest BCUT2D eigenvalue weighted by Gasteiger charge is 2.30. The summed E-state index contributed by atoms with van der Waals surface area (Å²) >= 11 is 0. The zero-order chi connectivity index (χ0) is 12.4. The van der Waals surface area contributed by atoms with Crippen molar-refractivity contribution in [3.05, 3.63) is 12.3 Å². The molecule has 0 aromatic carbocycles. The molecule has 0 aliphatic carbocycles. The minimum atomic E-state index is -0.0641. The third kappa shape index (κ3) is 2.66. The molecule has 2 heterocycles. The molecule has 5 nitrogen and oxygen atoms in total. The third-order valence-electron chi connectivity index (χ3n) is 2.95. The number of hydrogen-bond acceptors (Lipinski definition) is 3. The van der Waals surface area contributed by atoms with E-state index in [1.54, 1.807) is 9.58 Å². The molecule has 0 spiro atoms. The summed E-state index contributed by atoms with van der Waals surface area (Å²) in [6, 6.07) is 2.15. The predicted octanol–water partition coefficient (Wildman–Crippen LogP) is 0.913. The van der Waals surface area contributed by atoms with E-state index in [1.807, 2.05) is 19.3 Å². The molecular weight excluding hydrogens is 216 g/mol. The molecule has 5 heteroatoms. The van der Waals surface area contributed by atoms with Gasteiger partial charge in [0.05, 0.1) is 6.04 Å². The Kier molecular flexibility index (Phi) is 3.47. The van der Waals surface area contributed by atoms with E-state index in [-0.39, 0.29) is 11.9 Å². The number of nitrogens with zero attached hydrogens (tertiary/aromatic N) is 3. The Morgan fingerprint density at radius 3 is 2.88 bits per heavy atom. The van der Waals surface area contributed by atoms with E-state index in [0.29, 0.717) is 6.04 Å². The van der Waals surface area contributed by atoms with Gasteiger partial charge in [-0.15, -0.1) is 0 Å². The molecule has 2 rings (SSSR count). The second-order valence-electron chi connectivity index (χ2n) is 4.85. The first-order chi connectivity index (χ1) is 8.08. The Balaban J connectivity index is 2.11. The number of hydrogen-bond donors (Lipinski definition) is 1. The normalized spacial score (nSPS) is 21.3. The van der Waals surface area contributed by atoms with Crippen LogP contribution < -0.4 is 10.2 Å². The molecule has 1 fully saturated rings. The van der Waals surface area contributed by atoms with Gasteiger partial charge in [0.1, 0.15) is 0 Å². The molecular formula is C12H20N4O. The number of amides is 1. The Morgan fingerprint density at radius 2 is 2.29 bits per heavy atom. The van der Waals surface area contributed by atoms with Crippen LogP contribution in [0.2, 0.25) is 0 Å². The molecule has 1 N–H and O–H groups in total. The highest BCUT2D eigenvalue weighted by atomic mass is 16.2. The first kappa shape index (κ1) is 12.1. The monoisotopic (exact) mass is 236 g/mol. The minimum Gasteiger partial charge on any atom is -0.304 e. The fourth-order valence-electron chi connectivity index (χ4n) is 2.21. The number of anilines is 1. The van der Waals surface area contributed by atoms with Crippen molar-refractivity contribution in [1.82, 2.24) is 15.1 Å². The molecule has 1 aromatic rings. The summed E-state index contributed by atoms with van der Waals surface area (Å²) in [6.07, 6.45) is 3.80. The van der Waals surface area contributed by atoms with Gasteiger partial charge in [-0.3, -0.25) is 14.4 Å². The molecule has 0 bridgehead atoms. The third-order valence-corrected chi connectivity index (χ3v) is 2.95. The predicted molar refractivity (Wildman–Crippen MR) is 66.9 cm³/mol. The van der Waals surface area contributed by atoms with Crippen molar-refractivity contribution in [2.24, 2.45) is 7.05 Å². The summed E-state index contributed by atoms with van der Waals surface area (Å²) in [6.45, 7) is 4.89. The van der Waals surface area contributed by atoms with E-state index >= 15 is 0 Å². The molecule has 1 saturated heterocycles. The van der Waals surface area contributed by atoms with E-state index in [1.165, 1.54) is 0 Å². The van der Waals surface area contributed by atoms with Crippen LogP contribution in [0.15, 0.2) is 12.3 Å². The maximum atomic E-state index is 12.3. The molecule has 1 amide bonds. The van der Waals surface area contributed by atoms with Crippen LogP contribution >= 0.6 is 0 Å². The summed E-state index contributed by atoms with van der Waals surface area (Å²) in [5, 5.41) is 7.60. The smallest absolute Gasteiger partial charge is 0.245 e. The minimum absolute atomic E-state index is 0.0641. The SMILES string of the molecule is CC(C)NC1CCCN(c2ccn(C)n2)C1=O. The Bertz CT molecular complexity index is 399. The van der Waals surface area contributed by atoms with Crippen molar-refractivity contribution in [3.63, 3.8) is 0 Å². The molecule has 1 atom stereocenters. The lowest BCUT2D eigenvalue weighted by Gasteiger charge is -2.32. The molecule has 94 valence electrons. The van der Waals surface area contributed by atoms with Gasteiger partial charge in [-0.05, 0) is 12.8 Å². The first-order valence-electron chi connectivity index (χ1n) is 6.15. The number of aromatic nitrogens is 2. The summed E-state index contributed by atoms with van der Waals surface area (Å²) in [5.74, 6) is 0.899. The van der Waals surface area contributed by atoms with Crippen molar-refractivity contribution < 1.29 is 4.79 Å². The summed E-state index contributed by atoms with van der Waals surface area (Å²) in [7, 11) is 1.86. The zero-order valence-electron chi connectivity index (χ0n) is 10.7. The maximum Gasteiger partial charge on any atom is 0.245 e. The lowest BCUT2D eigenvalue weighted by atomic mass is 10.0. The fourth-order valence-corrected chi connectivity index (χ4v) is 2.21. The average Bonchev–Trinajstić information content (AvgIpc) is 2.67. The van der Waals surface area contributed by atoms with Gasteiger partial charge in [-0.25, -0.2) is 0 Å². The second kappa shape index (κ2) is 4.87. The maximum absolute atomic E-state index is 12.3. The van der Waals surface area contributed by atoms with Gasteiger partial charge >= 0.3 is 0 Å². The van der Waals surface area contributed by atoms with Crippen LogP contribution in [0.5, 0.6) is 0 Å². The highest BCUT2D eigenvalue weighted by molar-refractivity contribution is 5.97. The summed E-state index contributed by atoms with van der Waals surface area (Å²) in [4.78, 5) is 14.1. The zero-order valence-corrected chi connectivity index (χ0v) is 10.7. The van der Waals surface area contributed by atoms with Gasteiger partial charge in [0, 0.05) is 31.9 Å². The van der Waals surface area contributed by atoms with Crippen molar-refractivity contribution in [1.29, 1.82) is 0 Å². The molecule has 17 heavy (non-hydrogen) atoms. The standard InChI is InChI=1S/C12H20N4O/c1-9(2)13-10-5-4-7-16(12(10)17)11-6-8-15(3)14-11/h6,8-10,13H,4-5,7H2,1-3H3. The van der Waals surface area contributed by atoms with Gasteiger partial charge in [-0.1, -0.05) is 13.8 Å². The topological polar surface area (TPSA) is 50.2 Å². The number of piperidine rings is 1. The quantitative estimate of drug-likeness (QED) is 0.849. The van der Waals surface area contributed by atoms with Gasteiger partial charge in [-0.2, -0.15) is 5.10 Å². The Morgan fingerprint density at radius 1 is 1.53 bits per heavy atom. The summed E-state index contributed by atoms with van der Waals surface area (Å²) in [5.41, 5.74) is 0. The van der Waals surface area contributed by atoms with Crippen molar-refractivity contribution in [2.75, 3.05) is 11.4 Å². The van der Waals surface area contributed by atoms with E-state index in [0.717, 1.165) is 25.2 Å². The highest BCUT2D eigenvalue weighted by Crippen LogP contribution is 2.19. The molecule has 0 radical (unpaired) electrons. The molecule has 1 unspecified atom stereocenters. The first-order valence-corrected chi connectivity index (χ1v) is 6.15. The Labute approximate surface area is 102 Å². The van der Waals surface area contributed by atoms with Crippen LogP contribution in [0.1, 0.15) is 26.7 Å². The number of carbonyl (C=O) groups excluding carboxylic acids is 1. The van der Waals surface area contributed by atoms with Crippen molar-refractivity contribution in [2.45, 2.75) is 38.8 Å². The van der Waals surface area contributed by atoms with Crippen LogP contribution in [-0.2, 0) is 11.8 Å². The lowest BCUT2D eigenvalue weighted by Crippen LogP contribution is -2.52. The number of aryl methyl sites for hydroxylation is 1. The van der Waals surface area contributed by atoms with E-state index in [9.17, 15) is 4.79 Å². The second-order valence-corrected chi connectivity index (χ2v) is 4.85. The van der Waals surface area contributed by atoms with Crippen LogP contribution in [0.3, 0.4) is 0 Å². The van der Waals surface area contributed by atoms with Gasteiger partial charge < -0.3 is 5.32 Å². The van der Waals surface area contributed by atoms with E-state index < -0.39 is 0 Å². The number of nitrogens with one attached hydrogen (secondary N) is 1. The van der Waals surface area contributed by atoms with Gasteiger partial charge in [0.15, 0.2) is 5.82 Å². The van der Waals surface area contributed by atoms with Crippen LogP contribution in [0.4, 0.5) is 5.82 Å². The Hall–Kier alpha value is -1.36. The largest absolute Gasteiger partial charge is 0.304 e. The average molecular weight is 236 g/mol. The number of rotatable bonds is 3. The summed E-state index contributed by atoms with van der Waals surface area (Å²) < 4.78 is 1.72. The molecule has 1 aromatic heterocycles. The van der Waals surface area contributed by atoms with Gasteiger partial charge in [0.2, 0.25) is 5.91 Å². The van der Waals surface area contributed by atoms with Crippen molar-refractivity contribution >= 4 is 11.7 Å². The molecule has 0 saturated carbocycles. The van der Waals surface area contributed by atoms with Crippen LogP contribution in [-0.4, -0.2) is 34.3 Å². The van der Waals surface area contributed by atoms with Crippen molar-refractivity contribution in [3.8, 4) is 0 Å². The van der Waals surface area contributed by atoms with Crippen LogP contribution in [0, 0.1) is 0 Å². The fraction of sp³-hybridized carbons (Fsp3) is 0.667.